The van der Waals surface area contributed by atoms with Crippen LogP contribution in [0.1, 0.15) is 55.6 Å². The number of methoxy groups -OCH3 is 3. The Bertz CT molecular complexity index is 1140. The van der Waals surface area contributed by atoms with Crippen molar-refractivity contribution < 1.29 is 14.2 Å². The van der Waals surface area contributed by atoms with Crippen LogP contribution in [0.5, 0.6) is 17.2 Å². The average Bonchev–Trinajstić information content (AvgIpc) is 3.43. The third-order valence-corrected chi connectivity index (χ3v) is 7.52. The zero-order valence-corrected chi connectivity index (χ0v) is 21.5. The summed E-state index contributed by atoms with van der Waals surface area (Å²) >= 11 is 0. The molecule has 9 heteroatoms. The topological polar surface area (TPSA) is 77.8 Å². The van der Waals surface area contributed by atoms with Gasteiger partial charge in [0.2, 0.25) is 0 Å². The summed E-state index contributed by atoms with van der Waals surface area (Å²) in [4.78, 5) is 4.85. The molecule has 2 aliphatic rings. The Kier molecular flexibility index (Phi) is 7.55. The lowest BCUT2D eigenvalue weighted by Crippen LogP contribution is -2.48. The summed E-state index contributed by atoms with van der Waals surface area (Å²) in [6, 6.07) is 14.5. The fraction of sp³-hybridized carbons (Fsp3) is 0.519. The van der Waals surface area contributed by atoms with Crippen molar-refractivity contribution in [2.24, 2.45) is 0 Å². The monoisotopic (exact) mass is 492 g/mol. The Morgan fingerprint density at radius 3 is 2.25 bits per heavy atom. The standard InChI is InChI=1S/C27H36N6O3/c1-34-23-14-8-7-13-22(23)31-16-18-32(19-17-31)25(21-12-9-15-24(35-2)26(21)36-3)27-28-29-30-33(27)20-10-5-4-6-11-20/h7-9,12-15,20,25H,4-6,10-11,16-19H2,1-3H3/t25-/m0/s1. The molecule has 192 valence electrons. The van der Waals surface area contributed by atoms with Crippen LogP contribution in [0, 0.1) is 0 Å². The van der Waals surface area contributed by atoms with Gasteiger partial charge in [0.25, 0.3) is 0 Å². The maximum atomic E-state index is 5.89. The van der Waals surface area contributed by atoms with Crippen LogP contribution >= 0.6 is 0 Å². The van der Waals surface area contributed by atoms with Gasteiger partial charge in [-0.15, -0.1) is 5.10 Å². The summed E-state index contributed by atoms with van der Waals surface area (Å²) < 4.78 is 19.2. The van der Waals surface area contributed by atoms with Crippen LogP contribution in [0.15, 0.2) is 42.5 Å². The van der Waals surface area contributed by atoms with Crippen molar-refractivity contribution in [3.05, 3.63) is 53.9 Å². The molecule has 2 fully saturated rings. The van der Waals surface area contributed by atoms with Crippen LogP contribution in [-0.2, 0) is 0 Å². The van der Waals surface area contributed by atoms with Crippen LogP contribution in [0.2, 0.25) is 0 Å². The maximum absolute atomic E-state index is 5.89. The molecule has 0 spiro atoms. The van der Waals surface area contributed by atoms with Gasteiger partial charge in [0.15, 0.2) is 17.3 Å². The zero-order chi connectivity index (χ0) is 24.9. The summed E-state index contributed by atoms with van der Waals surface area (Å²) in [6.45, 7) is 3.43. The lowest BCUT2D eigenvalue weighted by atomic mass is 9.94. The Balaban J connectivity index is 1.50. The van der Waals surface area contributed by atoms with Crippen molar-refractivity contribution in [3.8, 4) is 17.2 Å². The minimum Gasteiger partial charge on any atom is -0.495 e. The first-order chi connectivity index (χ1) is 17.7. The number of hydrogen-bond donors (Lipinski definition) is 0. The van der Waals surface area contributed by atoms with Gasteiger partial charge >= 0.3 is 0 Å². The number of benzene rings is 2. The minimum absolute atomic E-state index is 0.146. The smallest absolute Gasteiger partial charge is 0.173 e. The second-order valence-corrected chi connectivity index (χ2v) is 9.45. The lowest BCUT2D eigenvalue weighted by Gasteiger charge is -2.40. The van der Waals surface area contributed by atoms with E-state index >= 15 is 0 Å². The van der Waals surface area contributed by atoms with Gasteiger partial charge in [-0.05, 0) is 41.5 Å². The van der Waals surface area contributed by atoms with E-state index in [1.807, 2.05) is 24.3 Å². The Labute approximate surface area is 212 Å². The molecule has 1 saturated heterocycles. The van der Waals surface area contributed by atoms with E-state index in [4.69, 9.17) is 14.2 Å². The molecule has 0 radical (unpaired) electrons. The van der Waals surface area contributed by atoms with Crippen LogP contribution in [-0.4, -0.2) is 72.6 Å². The number of nitrogens with zero attached hydrogens (tertiary/aromatic N) is 6. The summed E-state index contributed by atoms with van der Waals surface area (Å²) in [6.07, 6.45) is 5.94. The molecule has 0 N–H and O–H groups in total. The summed E-state index contributed by atoms with van der Waals surface area (Å²) in [7, 11) is 5.10. The first kappa shape index (κ1) is 24.4. The lowest BCUT2D eigenvalue weighted by molar-refractivity contribution is 0.189. The zero-order valence-electron chi connectivity index (χ0n) is 21.5. The molecular formula is C27H36N6O3. The summed E-state index contributed by atoms with van der Waals surface area (Å²) in [5.74, 6) is 3.22. The van der Waals surface area contributed by atoms with Gasteiger partial charge in [0.1, 0.15) is 11.8 Å². The summed E-state index contributed by atoms with van der Waals surface area (Å²) in [5, 5.41) is 13.3. The number of rotatable bonds is 8. The predicted molar refractivity (Wildman–Crippen MR) is 138 cm³/mol. The molecule has 0 amide bonds. The van der Waals surface area contributed by atoms with E-state index < -0.39 is 0 Å². The molecular weight excluding hydrogens is 456 g/mol. The molecule has 5 rings (SSSR count). The number of ether oxygens (including phenoxy) is 3. The highest BCUT2D eigenvalue weighted by atomic mass is 16.5. The Morgan fingerprint density at radius 1 is 0.806 bits per heavy atom. The third kappa shape index (κ3) is 4.72. The van der Waals surface area contributed by atoms with Crippen molar-refractivity contribution >= 4 is 5.69 Å². The number of hydrogen-bond acceptors (Lipinski definition) is 8. The number of anilines is 1. The average molecular weight is 493 g/mol. The van der Waals surface area contributed by atoms with Crippen LogP contribution < -0.4 is 19.1 Å². The summed E-state index contributed by atoms with van der Waals surface area (Å²) in [5.41, 5.74) is 2.15. The van der Waals surface area contributed by atoms with E-state index in [1.165, 1.54) is 19.3 Å². The third-order valence-electron chi connectivity index (χ3n) is 7.52. The SMILES string of the molecule is COc1ccccc1N1CCN([C@@H](c2cccc(OC)c2OC)c2nnnn2C2CCCCC2)CC1. The predicted octanol–water partition coefficient (Wildman–Crippen LogP) is 4.12. The second-order valence-electron chi connectivity index (χ2n) is 9.45. The van der Waals surface area contributed by atoms with E-state index in [1.54, 1.807) is 21.3 Å². The first-order valence-electron chi connectivity index (χ1n) is 12.9. The molecule has 0 bridgehead atoms. The van der Waals surface area contributed by atoms with E-state index in [0.29, 0.717) is 11.8 Å². The largest absolute Gasteiger partial charge is 0.495 e. The van der Waals surface area contributed by atoms with Crippen LogP contribution in [0.4, 0.5) is 5.69 Å². The fourth-order valence-corrected chi connectivity index (χ4v) is 5.70. The molecule has 1 aliphatic heterocycles. The van der Waals surface area contributed by atoms with Crippen molar-refractivity contribution in [2.75, 3.05) is 52.4 Å². The Morgan fingerprint density at radius 2 is 1.53 bits per heavy atom. The molecule has 3 aromatic rings. The molecule has 1 aromatic heterocycles. The normalized spacial score (nSPS) is 18.1. The number of tetrazole rings is 1. The van der Waals surface area contributed by atoms with E-state index in [-0.39, 0.29) is 6.04 Å². The number of aromatic nitrogens is 4. The van der Waals surface area contributed by atoms with Crippen molar-refractivity contribution in [3.63, 3.8) is 0 Å². The van der Waals surface area contributed by atoms with Crippen molar-refractivity contribution in [1.82, 2.24) is 25.1 Å². The van der Waals surface area contributed by atoms with Gasteiger partial charge < -0.3 is 19.1 Å². The molecule has 2 heterocycles. The number of para-hydroxylation sites is 3. The minimum atomic E-state index is -0.146. The highest BCUT2D eigenvalue weighted by Crippen LogP contribution is 2.41. The number of piperazine rings is 1. The van der Waals surface area contributed by atoms with Gasteiger partial charge in [-0.1, -0.05) is 43.5 Å². The second kappa shape index (κ2) is 11.2. The van der Waals surface area contributed by atoms with E-state index in [0.717, 1.165) is 67.6 Å². The van der Waals surface area contributed by atoms with Gasteiger partial charge in [-0.3, -0.25) is 4.90 Å². The van der Waals surface area contributed by atoms with Crippen LogP contribution in [0.3, 0.4) is 0 Å². The van der Waals surface area contributed by atoms with Crippen LogP contribution in [0.25, 0.3) is 0 Å². The van der Waals surface area contributed by atoms with Crippen molar-refractivity contribution in [1.29, 1.82) is 0 Å². The first-order valence-corrected chi connectivity index (χ1v) is 12.9. The van der Waals surface area contributed by atoms with E-state index in [9.17, 15) is 0 Å². The highest BCUT2D eigenvalue weighted by Gasteiger charge is 2.35. The highest BCUT2D eigenvalue weighted by molar-refractivity contribution is 5.58. The van der Waals surface area contributed by atoms with Crippen molar-refractivity contribution in [2.45, 2.75) is 44.2 Å². The molecule has 36 heavy (non-hydrogen) atoms. The molecule has 9 nitrogen and oxygen atoms in total. The molecule has 1 saturated carbocycles. The van der Waals surface area contributed by atoms with Gasteiger partial charge in [-0.2, -0.15) is 0 Å². The molecule has 0 unspecified atom stereocenters. The van der Waals surface area contributed by atoms with Gasteiger partial charge in [-0.25, -0.2) is 4.68 Å². The molecule has 1 atom stereocenters. The molecule has 2 aromatic carbocycles. The quantitative estimate of drug-likeness (QED) is 0.465. The van der Waals surface area contributed by atoms with E-state index in [2.05, 4.69) is 48.2 Å². The van der Waals surface area contributed by atoms with Gasteiger partial charge in [0, 0.05) is 31.7 Å². The Hall–Kier alpha value is -3.33. The fourth-order valence-electron chi connectivity index (χ4n) is 5.70. The maximum Gasteiger partial charge on any atom is 0.173 e. The molecule has 1 aliphatic carbocycles. The van der Waals surface area contributed by atoms with Gasteiger partial charge in [0.05, 0.1) is 33.1 Å².